The van der Waals surface area contributed by atoms with Crippen molar-refractivity contribution in [3.63, 3.8) is 0 Å². The van der Waals surface area contributed by atoms with E-state index >= 15 is 0 Å². The summed E-state index contributed by atoms with van der Waals surface area (Å²) >= 11 is 7.90. The molecule has 0 amide bonds. The van der Waals surface area contributed by atoms with Crippen LogP contribution in [0.5, 0.6) is 0 Å². The van der Waals surface area contributed by atoms with Crippen molar-refractivity contribution >= 4 is 23.4 Å². The molecule has 0 bridgehead atoms. The lowest BCUT2D eigenvalue weighted by atomic mass is 10.1. The molecule has 0 aliphatic rings. The van der Waals surface area contributed by atoms with E-state index in [9.17, 15) is 0 Å². The standard InChI is InChI=1S/C19H29ClS/c1-2-3-4-5-6-7-8-9-10-14-17-19(20)21-18-15-12-11-13-16-18/h11-13,15-17H,2-10,14H2,1H3/b19-17-. The van der Waals surface area contributed by atoms with Gasteiger partial charge in [0.05, 0.1) is 4.36 Å². The first kappa shape index (κ1) is 18.6. The Morgan fingerprint density at radius 1 is 0.905 bits per heavy atom. The first-order chi connectivity index (χ1) is 10.3. The molecule has 0 nitrogen and oxygen atoms in total. The van der Waals surface area contributed by atoms with E-state index in [-0.39, 0.29) is 0 Å². The Hall–Kier alpha value is -0.400. The minimum absolute atomic E-state index is 0.903. The maximum absolute atomic E-state index is 6.25. The normalized spacial score (nSPS) is 11.8. The Morgan fingerprint density at radius 3 is 2.10 bits per heavy atom. The maximum Gasteiger partial charge on any atom is 0.0742 e. The van der Waals surface area contributed by atoms with Crippen molar-refractivity contribution in [3.05, 3.63) is 40.8 Å². The van der Waals surface area contributed by atoms with Crippen LogP contribution in [0.25, 0.3) is 0 Å². The fourth-order valence-corrected chi connectivity index (χ4v) is 3.41. The predicted molar refractivity (Wildman–Crippen MR) is 98.1 cm³/mol. The molecular weight excluding hydrogens is 296 g/mol. The van der Waals surface area contributed by atoms with Crippen LogP contribution in [-0.4, -0.2) is 0 Å². The third-order valence-electron chi connectivity index (χ3n) is 3.57. The molecule has 1 aromatic rings. The first-order valence-corrected chi connectivity index (χ1v) is 9.61. The third kappa shape index (κ3) is 10.9. The zero-order chi connectivity index (χ0) is 15.2. The van der Waals surface area contributed by atoms with Crippen LogP contribution in [0.3, 0.4) is 0 Å². The molecule has 0 fully saturated rings. The molecule has 0 atom stereocenters. The van der Waals surface area contributed by atoms with Crippen molar-refractivity contribution in [2.75, 3.05) is 0 Å². The summed E-state index contributed by atoms with van der Waals surface area (Å²) < 4.78 is 0.903. The Kier molecular flexibility index (Phi) is 11.8. The van der Waals surface area contributed by atoms with E-state index in [4.69, 9.17) is 11.6 Å². The van der Waals surface area contributed by atoms with Crippen molar-refractivity contribution in [1.82, 2.24) is 0 Å². The van der Waals surface area contributed by atoms with Gasteiger partial charge >= 0.3 is 0 Å². The van der Waals surface area contributed by atoms with Crippen LogP contribution in [0.15, 0.2) is 45.7 Å². The second-order valence-corrected chi connectivity index (χ2v) is 7.29. The largest absolute Gasteiger partial charge is 0.0780 e. The van der Waals surface area contributed by atoms with Crippen LogP contribution in [0.4, 0.5) is 0 Å². The highest BCUT2D eigenvalue weighted by molar-refractivity contribution is 8.04. The number of hydrogen-bond donors (Lipinski definition) is 0. The van der Waals surface area contributed by atoms with Gasteiger partial charge in [-0.3, -0.25) is 0 Å². The molecule has 0 aliphatic carbocycles. The molecule has 0 N–H and O–H groups in total. The second-order valence-electron chi connectivity index (χ2n) is 5.54. The van der Waals surface area contributed by atoms with Crippen LogP contribution in [0, 0.1) is 0 Å². The highest BCUT2D eigenvalue weighted by Gasteiger charge is 1.96. The van der Waals surface area contributed by atoms with Crippen LogP contribution in [0.2, 0.25) is 0 Å². The Morgan fingerprint density at radius 2 is 1.48 bits per heavy atom. The molecule has 0 saturated carbocycles. The van der Waals surface area contributed by atoms with Gasteiger partial charge in [0, 0.05) is 4.90 Å². The van der Waals surface area contributed by atoms with Crippen molar-refractivity contribution in [1.29, 1.82) is 0 Å². The molecule has 0 unspecified atom stereocenters. The molecule has 0 spiro atoms. The summed E-state index contributed by atoms with van der Waals surface area (Å²) in [6.07, 6.45) is 15.7. The number of allylic oxidation sites excluding steroid dienone is 1. The van der Waals surface area contributed by atoms with Crippen LogP contribution in [0.1, 0.15) is 71.1 Å². The maximum atomic E-state index is 6.25. The summed E-state index contributed by atoms with van der Waals surface area (Å²) in [5, 5.41) is 0. The van der Waals surface area contributed by atoms with E-state index in [2.05, 4.69) is 25.1 Å². The van der Waals surface area contributed by atoms with E-state index in [1.54, 1.807) is 11.8 Å². The molecule has 0 saturated heterocycles. The number of hydrogen-bond acceptors (Lipinski definition) is 1. The minimum atomic E-state index is 0.903. The predicted octanol–water partition coefficient (Wildman–Crippen LogP) is 7.78. The summed E-state index contributed by atoms with van der Waals surface area (Å²) in [6, 6.07) is 10.3. The number of unbranched alkanes of at least 4 members (excludes halogenated alkanes) is 9. The lowest BCUT2D eigenvalue weighted by Crippen LogP contribution is -1.81. The second kappa shape index (κ2) is 13.3. The summed E-state index contributed by atoms with van der Waals surface area (Å²) in [6.45, 7) is 2.27. The lowest BCUT2D eigenvalue weighted by Gasteiger charge is -2.01. The van der Waals surface area contributed by atoms with Crippen molar-refractivity contribution in [3.8, 4) is 0 Å². The quantitative estimate of drug-likeness (QED) is 0.279. The van der Waals surface area contributed by atoms with E-state index in [0.717, 1.165) is 10.8 Å². The van der Waals surface area contributed by atoms with Crippen molar-refractivity contribution in [2.45, 2.75) is 76.0 Å². The van der Waals surface area contributed by atoms with E-state index in [1.807, 2.05) is 18.2 Å². The summed E-state index contributed by atoms with van der Waals surface area (Å²) in [7, 11) is 0. The Balaban J connectivity index is 1.96. The molecule has 0 radical (unpaired) electrons. The van der Waals surface area contributed by atoms with Crippen LogP contribution < -0.4 is 0 Å². The average molecular weight is 325 g/mol. The minimum Gasteiger partial charge on any atom is -0.0780 e. The van der Waals surface area contributed by atoms with Gasteiger partial charge in [0.2, 0.25) is 0 Å². The number of thioether (sulfide) groups is 1. The third-order valence-corrected chi connectivity index (χ3v) is 4.83. The van der Waals surface area contributed by atoms with Gasteiger partial charge in [-0.1, -0.05) is 106 Å². The SMILES string of the molecule is CCCCCCCCCCC/C=C(/Cl)Sc1ccccc1. The molecule has 2 heteroatoms. The fraction of sp³-hybridized carbons (Fsp3) is 0.579. The van der Waals surface area contributed by atoms with Gasteiger partial charge in [-0.05, 0) is 25.0 Å². The van der Waals surface area contributed by atoms with Gasteiger partial charge in [-0.2, -0.15) is 0 Å². The average Bonchev–Trinajstić information content (AvgIpc) is 2.50. The number of benzene rings is 1. The van der Waals surface area contributed by atoms with Gasteiger partial charge in [-0.25, -0.2) is 0 Å². The summed E-state index contributed by atoms with van der Waals surface area (Å²) in [4.78, 5) is 1.21. The van der Waals surface area contributed by atoms with E-state index in [0.29, 0.717) is 0 Å². The Bertz CT molecular complexity index is 372. The van der Waals surface area contributed by atoms with Gasteiger partial charge in [0.25, 0.3) is 0 Å². The van der Waals surface area contributed by atoms with Gasteiger partial charge in [0.15, 0.2) is 0 Å². The lowest BCUT2D eigenvalue weighted by molar-refractivity contribution is 0.566. The zero-order valence-electron chi connectivity index (χ0n) is 13.3. The molecular formula is C19H29ClS. The summed E-state index contributed by atoms with van der Waals surface area (Å²) in [5.41, 5.74) is 0. The van der Waals surface area contributed by atoms with Gasteiger partial charge in [0.1, 0.15) is 0 Å². The molecule has 0 aromatic heterocycles. The van der Waals surface area contributed by atoms with E-state index in [1.165, 1.54) is 62.7 Å². The van der Waals surface area contributed by atoms with Gasteiger partial charge < -0.3 is 0 Å². The molecule has 0 heterocycles. The highest BCUT2D eigenvalue weighted by Crippen LogP contribution is 2.29. The fourth-order valence-electron chi connectivity index (χ4n) is 2.31. The first-order valence-electron chi connectivity index (χ1n) is 8.41. The Labute approximate surface area is 140 Å². The molecule has 21 heavy (non-hydrogen) atoms. The topological polar surface area (TPSA) is 0 Å². The van der Waals surface area contributed by atoms with Gasteiger partial charge in [-0.15, -0.1) is 0 Å². The molecule has 118 valence electrons. The monoisotopic (exact) mass is 324 g/mol. The zero-order valence-corrected chi connectivity index (χ0v) is 14.9. The van der Waals surface area contributed by atoms with Crippen molar-refractivity contribution in [2.24, 2.45) is 0 Å². The molecule has 1 aromatic carbocycles. The van der Waals surface area contributed by atoms with Crippen molar-refractivity contribution < 1.29 is 0 Å². The number of halogens is 1. The highest BCUT2D eigenvalue weighted by atomic mass is 35.5. The summed E-state index contributed by atoms with van der Waals surface area (Å²) in [5.74, 6) is 0. The molecule has 0 aliphatic heterocycles. The number of rotatable bonds is 12. The molecule has 1 rings (SSSR count). The van der Waals surface area contributed by atoms with Crippen LogP contribution >= 0.6 is 23.4 Å². The smallest absolute Gasteiger partial charge is 0.0742 e. The van der Waals surface area contributed by atoms with E-state index < -0.39 is 0 Å². The van der Waals surface area contributed by atoms with Crippen LogP contribution in [-0.2, 0) is 0 Å².